The molecular weight excluding hydrogens is 396 g/mol. The molecule has 1 saturated heterocycles. The molecule has 6 heteroatoms. The molecule has 0 saturated carbocycles. The number of piperidine rings is 1. The first-order chi connectivity index (χ1) is 15.8. The van der Waals surface area contributed by atoms with Crippen LogP contribution < -0.4 is 5.73 Å². The van der Waals surface area contributed by atoms with Crippen LogP contribution in [-0.2, 0) is 6.42 Å². The van der Waals surface area contributed by atoms with E-state index >= 15 is 0 Å². The van der Waals surface area contributed by atoms with E-state index in [0.717, 1.165) is 43.1 Å². The fourth-order valence-electron chi connectivity index (χ4n) is 5.01. The second-order valence-electron chi connectivity index (χ2n) is 8.86. The first-order valence-electron chi connectivity index (χ1n) is 11.5. The second kappa shape index (κ2) is 9.49. The Hall–Kier alpha value is -3.25. The quantitative estimate of drug-likeness (QED) is 0.457. The van der Waals surface area contributed by atoms with Gasteiger partial charge in [-0.3, -0.25) is 0 Å². The van der Waals surface area contributed by atoms with Crippen LogP contribution in [-0.4, -0.2) is 44.9 Å². The second-order valence-corrected chi connectivity index (χ2v) is 8.86. The highest BCUT2D eigenvalue weighted by Gasteiger charge is 2.24. The smallest absolute Gasteiger partial charge is 0.203 e. The van der Waals surface area contributed by atoms with Crippen molar-refractivity contribution in [1.29, 1.82) is 0 Å². The summed E-state index contributed by atoms with van der Waals surface area (Å²) in [5.74, 6) is 1.48. The SMILES string of the molecule is Nc1cc(C(CCN2CCC(Cc3ccccc3)CC2)c2ccccc2)c2n[nH]nc2n1. The van der Waals surface area contributed by atoms with Gasteiger partial charge in [0.05, 0.1) is 0 Å². The third kappa shape index (κ3) is 4.65. The van der Waals surface area contributed by atoms with Crippen molar-refractivity contribution in [2.24, 2.45) is 5.92 Å². The monoisotopic (exact) mass is 426 g/mol. The summed E-state index contributed by atoms with van der Waals surface area (Å²) in [6.07, 6.45) is 4.74. The zero-order chi connectivity index (χ0) is 21.8. The Kier molecular flexibility index (Phi) is 6.12. The minimum absolute atomic E-state index is 0.205. The van der Waals surface area contributed by atoms with E-state index in [1.807, 2.05) is 6.07 Å². The van der Waals surface area contributed by atoms with Crippen LogP contribution in [0.4, 0.5) is 5.82 Å². The van der Waals surface area contributed by atoms with E-state index in [1.54, 1.807) is 0 Å². The molecular formula is C26H30N6. The van der Waals surface area contributed by atoms with Crippen LogP contribution in [0.1, 0.15) is 41.9 Å². The maximum atomic E-state index is 6.11. The van der Waals surface area contributed by atoms with Crippen molar-refractivity contribution in [1.82, 2.24) is 25.3 Å². The molecule has 1 atom stereocenters. The number of anilines is 1. The number of benzene rings is 2. The zero-order valence-corrected chi connectivity index (χ0v) is 18.3. The van der Waals surface area contributed by atoms with Gasteiger partial charge in [-0.15, -0.1) is 5.10 Å². The summed E-state index contributed by atoms with van der Waals surface area (Å²) in [5, 5.41) is 11.3. The lowest BCUT2D eigenvalue weighted by Gasteiger charge is -2.33. The minimum Gasteiger partial charge on any atom is -0.384 e. The standard InChI is InChI=1S/C26H30N6/c27-24-18-23(25-26(28-24)30-31-29-25)22(21-9-5-2-6-10-21)13-16-32-14-11-20(12-15-32)17-19-7-3-1-4-8-19/h1-10,18,20,22H,11-17H2,(H3,27,28,29,30,31). The first kappa shape index (κ1) is 20.6. The number of nitrogens with two attached hydrogens (primary N) is 1. The van der Waals surface area contributed by atoms with Crippen LogP contribution in [0.3, 0.4) is 0 Å². The number of aromatic amines is 1. The molecule has 0 bridgehead atoms. The maximum Gasteiger partial charge on any atom is 0.203 e. The number of rotatable bonds is 7. The lowest BCUT2D eigenvalue weighted by Crippen LogP contribution is -2.35. The normalized spacial score (nSPS) is 16.4. The van der Waals surface area contributed by atoms with Gasteiger partial charge in [0, 0.05) is 5.92 Å². The molecule has 4 aromatic rings. The Labute approximate surface area is 188 Å². The van der Waals surface area contributed by atoms with E-state index < -0.39 is 0 Å². The van der Waals surface area contributed by atoms with Gasteiger partial charge in [0.1, 0.15) is 11.3 Å². The number of nitrogens with zero attached hydrogens (tertiary/aromatic N) is 4. The largest absolute Gasteiger partial charge is 0.384 e. The molecule has 3 N–H and O–H groups in total. The highest BCUT2D eigenvalue weighted by atomic mass is 15.3. The molecule has 1 fully saturated rings. The molecule has 164 valence electrons. The lowest BCUT2D eigenvalue weighted by atomic mass is 9.87. The van der Waals surface area contributed by atoms with Crippen LogP contribution >= 0.6 is 0 Å². The van der Waals surface area contributed by atoms with E-state index in [-0.39, 0.29) is 5.92 Å². The molecule has 0 spiro atoms. The minimum atomic E-state index is 0.205. The molecule has 0 amide bonds. The molecule has 32 heavy (non-hydrogen) atoms. The summed E-state index contributed by atoms with van der Waals surface area (Å²) < 4.78 is 0. The van der Waals surface area contributed by atoms with Gasteiger partial charge >= 0.3 is 0 Å². The van der Waals surface area contributed by atoms with Crippen molar-refractivity contribution in [2.45, 2.75) is 31.6 Å². The van der Waals surface area contributed by atoms with Gasteiger partial charge in [-0.05, 0) is 74.0 Å². The number of nitrogen functional groups attached to an aromatic ring is 1. The number of pyridine rings is 1. The summed E-state index contributed by atoms with van der Waals surface area (Å²) >= 11 is 0. The number of nitrogens with one attached hydrogen (secondary N) is 1. The van der Waals surface area contributed by atoms with Crippen molar-refractivity contribution in [2.75, 3.05) is 25.4 Å². The van der Waals surface area contributed by atoms with Gasteiger partial charge in [-0.25, -0.2) is 4.98 Å². The average Bonchev–Trinajstić information content (AvgIpc) is 3.30. The van der Waals surface area contributed by atoms with E-state index in [2.05, 4.69) is 86.0 Å². The predicted octanol–water partition coefficient (Wildman–Crippen LogP) is 4.41. The van der Waals surface area contributed by atoms with E-state index in [4.69, 9.17) is 5.73 Å². The van der Waals surface area contributed by atoms with Crippen molar-refractivity contribution in [3.05, 3.63) is 83.4 Å². The molecule has 2 aromatic carbocycles. The Balaban J connectivity index is 1.28. The number of hydrogen-bond donors (Lipinski definition) is 2. The fourth-order valence-corrected chi connectivity index (χ4v) is 5.01. The lowest BCUT2D eigenvalue weighted by molar-refractivity contribution is 0.180. The molecule has 3 heterocycles. The van der Waals surface area contributed by atoms with Gasteiger partial charge in [0.2, 0.25) is 5.65 Å². The fraction of sp³-hybridized carbons (Fsp3) is 0.346. The highest BCUT2D eigenvalue weighted by Crippen LogP contribution is 2.33. The molecule has 1 unspecified atom stereocenters. The molecule has 1 aliphatic heterocycles. The van der Waals surface area contributed by atoms with E-state index in [9.17, 15) is 0 Å². The number of likely N-dealkylation sites (tertiary alicyclic amines) is 1. The van der Waals surface area contributed by atoms with Crippen LogP contribution in [0.15, 0.2) is 66.7 Å². The number of hydrogen-bond acceptors (Lipinski definition) is 5. The third-order valence-electron chi connectivity index (χ3n) is 6.73. The van der Waals surface area contributed by atoms with Gasteiger partial charge in [0.25, 0.3) is 0 Å². The Morgan fingerprint density at radius 2 is 1.69 bits per heavy atom. The molecule has 2 aromatic heterocycles. The van der Waals surface area contributed by atoms with Crippen molar-refractivity contribution < 1.29 is 0 Å². The number of aromatic nitrogens is 4. The average molecular weight is 427 g/mol. The number of H-pyrrole nitrogens is 1. The summed E-state index contributed by atoms with van der Waals surface area (Å²) in [5.41, 5.74) is 11.4. The topological polar surface area (TPSA) is 83.7 Å². The maximum absolute atomic E-state index is 6.11. The first-order valence-corrected chi connectivity index (χ1v) is 11.5. The van der Waals surface area contributed by atoms with Gasteiger partial charge in [-0.1, -0.05) is 60.7 Å². The Bertz CT molecular complexity index is 1130. The Morgan fingerprint density at radius 1 is 0.969 bits per heavy atom. The molecule has 6 nitrogen and oxygen atoms in total. The third-order valence-corrected chi connectivity index (χ3v) is 6.73. The van der Waals surface area contributed by atoms with Crippen LogP contribution in [0.25, 0.3) is 11.2 Å². The van der Waals surface area contributed by atoms with Crippen LogP contribution in [0.2, 0.25) is 0 Å². The summed E-state index contributed by atoms with van der Waals surface area (Å²) in [6, 6.07) is 23.5. The van der Waals surface area contributed by atoms with Crippen molar-refractivity contribution >= 4 is 17.0 Å². The van der Waals surface area contributed by atoms with Crippen molar-refractivity contribution in [3.63, 3.8) is 0 Å². The molecule has 0 aliphatic carbocycles. The molecule has 1 aliphatic rings. The Morgan fingerprint density at radius 3 is 2.44 bits per heavy atom. The van der Waals surface area contributed by atoms with Crippen LogP contribution in [0.5, 0.6) is 0 Å². The van der Waals surface area contributed by atoms with E-state index in [1.165, 1.54) is 30.4 Å². The van der Waals surface area contributed by atoms with Gasteiger partial charge in [0.15, 0.2) is 0 Å². The number of fused-ring (bicyclic) bond motifs is 1. The van der Waals surface area contributed by atoms with Crippen molar-refractivity contribution in [3.8, 4) is 0 Å². The highest BCUT2D eigenvalue weighted by molar-refractivity contribution is 5.77. The summed E-state index contributed by atoms with van der Waals surface area (Å²) in [7, 11) is 0. The predicted molar refractivity (Wildman–Crippen MR) is 128 cm³/mol. The van der Waals surface area contributed by atoms with E-state index in [0.29, 0.717) is 11.5 Å². The van der Waals surface area contributed by atoms with Gasteiger partial charge in [-0.2, -0.15) is 10.3 Å². The summed E-state index contributed by atoms with van der Waals surface area (Å²) in [4.78, 5) is 6.94. The van der Waals surface area contributed by atoms with Gasteiger partial charge < -0.3 is 10.6 Å². The summed E-state index contributed by atoms with van der Waals surface area (Å²) in [6.45, 7) is 3.38. The molecule has 0 radical (unpaired) electrons. The van der Waals surface area contributed by atoms with Crippen LogP contribution in [0, 0.1) is 5.92 Å². The zero-order valence-electron chi connectivity index (χ0n) is 18.3. The molecule has 5 rings (SSSR count).